The van der Waals surface area contributed by atoms with Gasteiger partial charge in [0.15, 0.2) is 17.6 Å². The molecule has 7 nitrogen and oxygen atoms in total. The summed E-state index contributed by atoms with van der Waals surface area (Å²) in [4.78, 5) is 22.8. The molecule has 1 atom stereocenters. The zero-order chi connectivity index (χ0) is 15.3. The Labute approximate surface area is 116 Å². The van der Waals surface area contributed by atoms with E-state index < -0.39 is 18.0 Å². The molecule has 0 heterocycles. The van der Waals surface area contributed by atoms with E-state index in [0.717, 1.165) is 0 Å². The number of hydrogen-bond acceptors (Lipinski definition) is 6. The van der Waals surface area contributed by atoms with E-state index in [1.165, 1.54) is 40.4 Å². The Bertz CT molecular complexity index is 489. The van der Waals surface area contributed by atoms with Gasteiger partial charge >= 0.3 is 5.97 Å². The lowest BCUT2D eigenvalue weighted by Crippen LogP contribution is -2.30. The Morgan fingerprint density at radius 1 is 1.05 bits per heavy atom. The number of benzene rings is 1. The number of primary amides is 1. The molecular formula is C13H17NO6. The lowest BCUT2D eigenvalue weighted by atomic mass is 10.2. The summed E-state index contributed by atoms with van der Waals surface area (Å²) >= 11 is 0. The highest BCUT2D eigenvalue weighted by Crippen LogP contribution is 2.38. The molecule has 0 saturated carbocycles. The smallest absolute Gasteiger partial charge is 0.339 e. The number of nitrogens with two attached hydrogens (primary N) is 1. The van der Waals surface area contributed by atoms with Crippen LogP contribution in [0.15, 0.2) is 12.1 Å². The molecule has 1 aromatic carbocycles. The summed E-state index contributed by atoms with van der Waals surface area (Å²) in [6.07, 6.45) is -1.03. The number of rotatable bonds is 6. The summed E-state index contributed by atoms with van der Waals surface area (Å²) in [5.41, 5.74) is 5.19. The first-order valence-corrected chi connectivity index (χ1v) is 5.74. The Balaban J connectivity index is 3.13. The predicted octanol–water partition coefficient (Wildman–Crippen LogP) is 0.743. The van der Waals surface area contributed by atoms with Crippen LogP contribution in [0.25, 0.3) is 0 Å². The Morgan fingerprint density at radius 3 is 1.90 bits per heavy atom. The second-order valence-electron chi connectivity index (χ2n) is 3.86. The molecule has 0 aliphatic carbocycles. The lowest BCUT2D eigenvalue weighted by molar-refractivity contribution is -0.125. The maximum Gasteiger partial charge on any atom is 0.339 e. The van der Waals surface area contributed by atoms with Crippen LogP contribution in [0.2, 0.25) is 0 Å². The quantitative estimate of drug-likeness (QED) is 0.773. The number of carbonyl (C=O) groups excluding carboxylic acids is 2. The normalized spacial score (nSPS) is 11.4. The highest BCUT2D eigenvalue weighted by atomic mass is 16.5. The minimum absolute atomic E-state index is 0.160. The van der Waals surface area contributed by atoms with Crippen molar-refractivity contribution in [3.63, 3.8) is 0 Å². The first-order valence-electron chi connectivity index (χ1n) is 5.74. The van der Waals surface area contributed by atoms with Crippen LogP contribution in [0.3, 0.4) is 0 Å². The fourth-order valence-corrected chi connectivity index (χ4v) is 1.49. The minimum atomic E-state index is -1.03. The number of hydrogen-bond donors (Lipinski definition) is 1. The second-order valence-corrected chi connectivity index (χ2v) is 3.86. The van der Waals surface area contributed by atoms with Crippen LogP contribution < -0.4 is 19.9 Å². The summed E-state index contributed by atoms with van der Waals surface area (Å²) in [6.45, 7) is 1.39. The molecule has 2 N–H and O–H groups in total. The van der Waals surface area contributed by atoms with Crippen molar-refractivity contribution in [2.24, 2.45) is 5.73 Å². The number of methoxy groups -OCH3 is 3. The third-order valence-corrected chi connectivity index (χ3v) is 2.58. The van der Waals surface area contributed by atoms with Gasteiger partial charge in [0.25, 0.3) is 5.91 Å². The molecular weight excluding hydrogens is 266 g/mol. The van der Waals surface area contributed by atoms with E-state index in [-0.39, 0.29) is 5.56 Å². The molecule has 1 rings (SSSR count). The molecule has 20 heavy (non-hydrogen) atoms. The van der Waals surface area contributed by atoms with E-state index in [1.807, 2.05) is 0 Å². The minimum Gasteiger partial charge on any atom is -0.493 e. The Morgan fingerprint density at radius 2 is 1.55 bits per heavy atom. The molecule has 1 aromatic rings. The van der Waals surface area contributed by atoms with Crippen molar-refractivity contribution in [1.29, 1.82) is 0 Å². The summed E-state index contributed by atoms with van der Waals surface area (Å²) in [5.74, 6) is -0.466. The fraction of sp³-hybridized carbons (Fsp3) is 0.385. The van der Waals surface area contributed by atoms with E-state index >= 15 is 0 Å². The highest BCUT2D eigenvalue weighted by molar-refractivity contribution is 5.93. The zero-order valence-corrected chi connectivity index (χ0v) is 11.8. The number of carbonyl (C=O) groups is 2. The topological polar surface area (TPSA) is 97.1 Å². The van der Waals surface area contributed by atoms with E-state index in [4.69, 9.17) is 24.7 Å². The van der Waals surface area contributed by atoms with E-state index in [2.05, 4.69) is 0 Å². The van der Waals surface area contributed by atoms with E-state index in [0.29, 0.717) is 17.2 Å². The summed E-state index contributed by atoms with van der Waals surface area (Å²) < 4.78 is 20.3. The molecule has 110 valence electrons. The van der Waals surface area contributed by atoms with Crippen molar-refractivity contribution in [3.05, 3.63) is 17.7 Å². The number of ether oxygens (including phenoxy) is 4. The van der Waals surface area contributed by atoms with Crippen molar-refractivity contribution in [2.45, 2.75) is 13.0 Å². The van der Waals surface area contributed by atoms with Crippen molar-refractivity contribution < 1.29 is 28.5 Å². The zero-order valence-electron chi connectivity index (χ0n) is 11.8. The number of amides is 1. The van der Waals surface area contributed by atoms with Crippen molar-refractivity contribution in [1.82, 2.24) is 0 Å². The van der Waals surface area contributed by atoms with Gasteiger partial charge in [0.1, 0.15) is 0 Å². The predicted molar refractivity (Wildman–Crippen MR) is 70.2 cm³/mol. The molecule has 0 aliphatic heterocycles. The van der Waals surface area contributed by atoms with E-state index in [1.54, 1.807) is 0 Å². The van der Waals surface area contributed by atoms with Crippen LogP contribution in [0.1, 0.15) is 17.3 Å². The maximum atomic E-state index is 11.9. The Hall–Kier alpha value is -2.44. The molecule has 0 fully saturated rings. The van der Waals surface area contributed by atoms with Crippen molar-refractivity contribution in [3.8, 4) is 17.2 Å². The van der Waals surface area contributed by atoms with Gasteiger partial charge in [-0.05, 0) is 19.1 Å². The fourth-order valence-electron chi connectivity index (χ4n) is 1.49. The highest BCUT2D eigenvalue weighted by Gasteiger charge is 2.20. The maximum absolute atomic E-state index is 11.9. The van der Waals surface area contributed by atoms with Gasteiger partial charge in [-0.2, -0.15) is 0 Å². The molecule has 0 unspecified atom stereocenters. The average molecular weight is 283 g/mol. The van der Waals surface area contributed by atoms with E-state index in [9.17, 15) is 9.59 Å². The Kier molecular flexibility index (Phi) is 5.19. The third-order valence-electron chi connectivity index (χ3n) is 2.58. The van der Waals surface area contributed by atoms with Crippen LogP contribution in [0.4, 0.5) is 0 Å². The van der Waals surface area contributed by atoms with Crippen LogP contribution in [-0.2, 0) is 9.53 Å². The van der Waals surface area contributed by atoms with Gasteiger partial charge in [-0.15, -0.1) is 0 Å². The van der Waals surface area contributed by atoms with Gasteiger partial charge in [0.05, 0.1) is 26.9 Å². The van der Waals surface area contributed by atoms with Gasteiger partial charge in [0, 0.05) is 0 Å². The van der Waals surface area contributed by atoms with Gasteiger partial charge < -0.3 is 24.7 Å². The van der Waals surface area contributed by atoms with Gasteiger partial charge in [-0.1, -0.05) is 0 Å². The van der Waals surface area contributed by atoms with Gasteiger partial charge in [0.2, 0.25) is 5.75 Å². The largest absolute Gasteiger partial charge is 0.493 e. The van der Waals surface area contributed by atoms with Crippen LogP contribution in [0.5, 0.6) is 17.2 Å². The van der Waals surface area contributed by atoms with Crippen LogP contribution >= 0.6 is 0 Å². The van der Waals surface area contributed by atoms with Gasteiger partial charge in [-0.3, -0.25) is 4.79 Å². The summed E-state index contributed by atoms with van der Waals surface area (Å²) in [5, 5.41) is 0. The molecule has 0 bridgehead atoms. The molecule has 0 saturated heterocycles. The van der Waals surface area contributed by atoms with Gasteiger partial charge in [-0.25, -0.2) is 4.79 Å². The lowest BCUT2D eigenvalue weighted by Gasteiger charge is -2.14. The SMILES string of the molecule is COc1cc(C(=O)O[C@H](C)C(N)=O)cc(OC)c1OC. The third kappa shape index (κ3) is 3.31. The molecule has 0 radical (unpaired) electrons. The second kappa shape index (κ2) is 6.65. The molecule has 0 aromatic heterocycles. The molecule has 0 spiro atoms. The van der Waals surface area contributed by atoms with Crippen LogP contribution in [0, 0.1) is 0 Å². The average Bonchev–Trinajstić information content (AvgIpc) is 2.45. The van der Waals surface area contributed by atoms with Crippen molar-refractivity contribution >= 4 is 11.9 Å². The molecule has 0 aliphatic rings. The molecule has 1 amide bonds. The van der Waals surface area contributed by atoms with Crippen molar-refractivity contribution in [2.75, 3.05) is 21.3 Å². The summed E-state index contributed by atoms with van der Waals surface area (Å²) in [7, 11) is 4.31. The van der Waals surface area contributed by atoms with Crippen LogP contribution in [-0.4, -0.2) is 39.3 Å². The first-order chi connectivity index (χ1) is 9.44. The standard InChI is InChI=1S/C13H17NO6/c1-7(12(14)15)20-13(16)8-5-9(17-2)11(19-4)10(6-8)18-3/h5-7H,1-4H3,(H2,14,15)/t7-/m1/s1. The number of esters is 1. The molecule has 7 heteroatoms. The first kappa shape index (κ1) is 15.6. The monoisotopic (exact) mass is 283 g/mol. The summed E-state index contributed by atoms with van der Waals surface area (Å²) in [6, 6.07) is 2.86.